The molecule has 5 heterocycles. The zero-order valence-corrected chi connectivity index (χ0v) is 21.1. The second-order valence-electron chi connectivity index (χ2n) is 10.0. The molecule has 6 rings (SSSR count). The van der Waals surface area contributed by atoms with Gasteiger partial charge in [0.2, 0.25) is 5.91 Å². The minimum Gasteiger partial charge on any atom is -0.486 e. The molecule has 36 heavy (non-hydrogen) atoms. The predicted molar refractivity (Wildman–Crippen MR) is 137 cm³/mol. The summed E-state index contributed by atoms with van der Waals surface area (Å²) in [5.74, 6) is 2.92. The van der Waals surface area contributed by atoms with Crippen molar-refractivity contribution in [1.29, 1.82) is 0 Å². The molecule has 3 saturated heterocycles. The van der Waals surface area contributed by atoms with E-state index in [0.717, 1.165) is 54.6 Å². The quantitative estimate of drug-likeness (QED) is 0.612. The number of nitrogens with zero attached hydrogens (tertiary/aromatic N) is 5. The number of likely N-dealkylation sites (tertiary alicyclic amines) is 2. The maximum Gasteiger partial charge on any atom is 0.246 e. The summed E-state index contributed by atoms with van der Waals surface area (Å²) in [5.41, 5.74) is 4.05. The molecular formula is C25H30N6O4S. The lowest BCUT2D eigenvalue weighted by molar-refractivity contribution is -0.134. The van der Waals surface area contributed by atoms with E-state index in [1.165, 1.54) is 18.0 Å². The number of benzene rings is 1. The van der Waals surface area contributed by atoms with Gasteiger partial charge in [-0.15, -0.1) is 0 Å². The number of aryl methyl sites for hydroxylation is 1. The van der Waals surface area contributed by atoms with Crippen molar-refractivity contribution in [3.63, 3.8) is 0 Å². The van der Waals surface area contributed by atoms with Crippen LogP contribution in [-0.4, -0.2) is 90.9 Å². The van der Waals surface area contributed by atoms with Gasteiger partial charge in [0.05, 0.1) is 22.8 Å². The summed E-state index contributed by atoms with van der Waals surface area (Å²) in [6, 6.07) is 4.79. The molecule has 0 bridgehead atoms. The van der Waals surface area contributed by atoms with Crippen LogP contribution in [0, 0.1) is 6.92 Å². The number of ether oxygens (including phenoxy) is 1. The number of hydrogen-bond acceptors (Lipinski definition) is 9. The topological polar surface area (TPSA) is 108 Å². The second kappa shape index (κ2) is 8.74. The monoisotopic (exact) mass is 510 g/mol. The third-order valence-corrected chi connectivity index (χ3v) is 9.33. The van der Waals surface area contributed by atoms with Crippen LogP contribution >= 0.6 is 0 Å². The first-order valence-corrected chi connectivity index (χ1v) is 14.1. The SMILES string of the molecule is C=CC(=O)N1CC(N2CC(c3cc(C)c4c(c3)Nc3ncnc(N5CCS(=O)(=O)CC5)c3CO4)C2)C1. The van der Waals surface area contributed by atoms with E-state index in [0.29, 0.717) is 37.5 Å². The van der Waals surface area contributed by atoms with Gasteiger partial charge in [-0.2, -0.15) is 0 Å². The van der Waals surface area contributed by atoms with Crippen LogP contribution < -0.4 is 15.0 Å². The van der Waals surface area contributed by atoms with Gasteiger partial charge in [-0.1, -0.05) is 12.6 Å². The van der Waals surface area contributed by atoms with E-state index in [1.54, 1.807) is 0 Å². The van der Waals surface area contributed by atoms with Crippen molar-refractivity contribution in [2.24, 2.45) is 0 Å². The van der Waals surface area contributed by atoms with Crippen LogP contribution in [-0.2, 0) is 21.2 Å². The lowest BCUT2D eigenvalue weighted by atomic mass is 9.87. The number of aromatic nitrogens is 2. The Kier molecular flexibility index (Phi) is 5.64. The third-order valence-electron chi connectivity index (χ3n) is 7.72. The van der Waals surface area contributed by atoms with Gasteiger partial charge < -0.3 is 19.9 Å². The van der Waals surface area contributed by atoms with Crippen LogP contribution in [0.5, 0.6) is 5.75 Å². The van der Waals surface area contributed by atoms with Crippen LogP contribution in [0.3, 0.4) is 0 Å². The molecule has 0 spiro atoms. The van der Waals surface area contributed by atoms with Crippen LogP contribution in [0.2, 0.25) is 0 Å². The summed E-state index contributed by atoms with van der Waals surface area (Å²) in [7, 11) is -2.98. The fourth-order valence-corrected chi connectivity index (χ4v) is 6.65. The van der Waals surface area contributed by atoms with Crippen LogP contribution in [0.4, 0.5) is 17.3 Å². The lowest BCUT2D eigenvalue weighted by Crippen LogP contribution is -2.65. The summed E-state index contributed by atoms with van der Waals surface area (Å²) in [6.07, 6.45) is 2.90. The molecule has 0 saturated carbocycles. The zero-order valence-electron chi connectivity index (χ0n) is 20.3. The number of amides is 1. The van der Waals surface area contributed by atoms with Gasteiger partial charge in [-0.05, 0) is 30.2 Å². The van der Waals surface area contributed by atoms with E-state index >= 15 is 0 Å². The molecular weight excluding hydrogens is 480 g/mol. The number of carbonyl (C=O) groups is 1. The van der Waals surface area contributed by atoms with Gasteiger partial charge in [-0.25, -0.2) is 18.4 Å². The largest absolute Gasteiger partial charge is 0.486 e. The summed E-state index contributed by atoms with van der Waals surface area (Å²) >= 11 is 0. The molecule has 3 fully saturated rings. The molecule has 2 aromatic rings. The van der Waals surface area contributed by atoms with Gasteiger partial charge in [0.25, 0.3) is 0 Å². The number of fused-ring (bicyclic) bond motifs is 2. The maximum absolute atomic E-state index is 11.9. The van der Waals surface area contributed by atoms with Crippen molar-refractivity contribution in [3.8, 4) is 5.75 Å². The summed E-state index contributed by atoms with van der Waals surface area (Å²) in [4.78, 5) is 27.0. The highest BCUT2D eigenvalue weighted by molar-refractivity contribution is 7.91. The van der Waals surface area contributed by atoms with Gasteiger partial charge in [0.1, 0.15) is 30.3 Å². The fourth-order valence-electron chi connectivity index (χ4n) is 5.45. The Labute approximate surface area is 210 Å². The van der Waals surface area contributed by atoms with Crippen molar-refractivity contribution < 1.29 is 17.9 Å². The van der Waals surface area contributed by atoms with E-state index in [9.17, 15) is 13.2 Å². The summed E-state index contributed by atoms with van der Waals surface area (Å²) in [5, 5.41) is 3.48. The van der Waals surface area contributed by atoms with Crippen molar-refractivity contribution in [1.82, 2.24) is 19.8 Å². The van der Waals surface area contributed by atoms with Crippen LogP contribution in [0.25, 0.3) is 0 Å². The minimum atomic E-state index is -2.98. The number of hydrogen-bond donors (Lipinski definition) is 1. The van der Waals surface area contributed by atoms with E-state index < -0.39 is 9.84 Å². The van der Waals surface area contributed by atoms with E-state index in [4.69, 9.17) is 4.74 Å². The minimum absolute atomic E-state index is 0.00773. The second-order valence-corrected chi connectivity index (χ2v) is 12.3. The zero-order chi connectivity index (χ0) is 25.0. The maximum atomic E-state index is 11.9. The first-order chi connectivity index (χ1) is 17.3. The van der Waals surface area contributed by atoms with E-state index in [1.807, 2.05) is 9.80 Å². The average Bonchev–Trinajstić information content (AvgIpc) is 2.98. The highest BCUT2D eigenvalue weighted by Crippen LogP contribution is 2.41. The van der Waals surface area contributed by atoms with Crippen molar-refractivity contribution >= 4 is 33.1 Å². The normalized spacial score (nSPS) is 21.7. The van der Waals surface area contributed by atoms with Crippen molar-refractivity contribution in [2.75, 3.05) is 61.0 Å². The average molecular weight is 511 g/mol. The molecule has 0 aliphatic carbocycles. The summed E-state index contributed by atoms with van der Waals surface area (Å²) < 4.78 is 30.0. The van der Waals surface area contributed by atoms with E-state index in [-0.39, 0.29) is 17.4 Å². The van der Waals surface area contributed by atoms with Gasteiger partial charge in [-0.3, -0.25) is 9.69 Å². The number of nitrogens with one attached hydrogen (secondary N) is 1. The van der Waals surface area contributed by atoms with Gasteiger partial charge in [0, 0.05) is 51.2 Å². The molecule has 4 aliphatic rings. The Morgan fingerprint density at radius 2 is 1.92 bits per heavy atom. The molecule has 190 valence electrons. The molecule has 1 aromatic heterocycles. The standard InChI is InChI=1S/C25H30N6O4S/c1-3-22(32)31-12-19(13-31)30-10-18(11-30)17-8-16(2)23-21(9-17)28-24-20(14-35-23)25(27-15-26-24)29-4-6-36(33,34)7-5-29/h3,8-9,15,18-19H,1,4-7,10-14H2,2H3,(H,26,27,28). The van der Waals surface area contributed by atoms with Gasteiger partial charge >= 0.3 is 0 Å². The Morgan fingerprint density at radius 1 is 1.17 bits per heavy atom. The van der Waals surface area contributed by atoms with Crippen LogP contribution in [0.15, 0.2) is 31.1 Å². The number of anilines is 3. The van der Waals surface area contributed by atoms with Crippen LogP contribution in [0.1, 0.15) is 22.6 Å². The number of sulfone groups is 1. The molecule has 0 radical (unpaired) electrons. The molecule has 11 heteroatoms. The first kappa shape index (κ1) is 23.2. The highest BCUT2D eigenvalue weighted by atomic mass is 32.2. The fraction of sp³-hybridized carbons (Fsp3) is 0.480. The molecule has 1 amide bonds. The first-order valence-electron chi connectivity index (χ1n) is 12.3. The molecule has 4 aliphatic heterocycles. The number of rotatable bonds is 4. The Balaban J connectivity index is 1.17. The predicted octanol–water partition coefficient (Wildman–Crippen LogP) is 1.45. The smallest absolute Gasteiger partial charge is 0.246 e. The molecule has 1 N–H and O–H groups in total. The Hall–Kier alpha value is -3.18. The molecule has 10 nitrogen and oxygen atoms in total. The molecule has 1 aromatic carbocycles. The third kappa shape index (κ3) is 4.09. The van der Waals surface area contributed by atoms with Gasteiger partial charge in [0.15, 0.2) is 9.84 Å². The molecule has 0 atom stereocenters. The summed E-state index contributed by atoms with van der Waals surface area (Å²) in [6.45, 7) is 10.3. The van der Waals surface area contributed by atoms with E-state index in [2.05, 4.69) is 45.8 Å². The Bertz CT molecular complexity index is 1320. The Morgan fingerprint density at radius 3 is 2.64 bits per heavy atom. The molecule has 0 unspecified atom stereocenters. The highest BCUT2D eigenvalue weighted by Gasteiger charge is 2.40. The number of carbonyl (C=O) groups excluding carboxylic acids is 1. The van der Waals surface area contributed by atoms with Crippen molar-refractivity contribution in [2.45, 2.75) is 25.5 Å². The lowest BCUT2D eigenvalue weighted by Gasteiger charge is -2.52. The van der Waals surface area contributed by atoms with Crippen molar-refractivity contribution in [3.05, 3.63) is 47.8 Å².